The van der Waals surface area contributed by atoms with Crippen LogP contribution in [0, 0.1) is 29.6 Å². The summed E-state index contributed by atoms with van der Waals surface area (Å²) in [6.45, 7) is 40.2. The summed E-state index contributed by atoms with van der Waals surface area (Å²) in [4.78, 5) is 10.3. The molecule has 0 atom stereocenters. The zero-order valence-electron chi connectivity index (χ0n) is 29.1. The average Bonchev–Trinajstić information content (AvgIpc) is 2.87. The SMILES string of the molecule is CC(C)[Si]([C-]=[N+]=[N-])(C(C)C)C(C)C.CC1C(C)C(C)C(C)C1C.C[Si](C)(C)[CH]([Ge])[Si](C)(C)C.[CH3][Sn]([CH3])[CH3]. The molecule has 0 N–H and O–H groups in total. The molecule has 7 heteroatoms. The molecule has 1 saturated carbocycles. The van der Waals surface area contributed by atoms with E-state index in [0.717, 1.165) is 33.6 Å². The predicted molar refractivity (Wildman–Crippen MR) is 185 cm³/mol. The Morgan fingerprint density at radius 1 is 0.622 bits per heavy atom. The van der Waals surface area contributed by atoms with Crippen molar-refractivity contribution in [1.29, 1.82) is 0 Å². The molecule has 0 amide bonds. The van der Waals surface area contributed by atoms with E-state index in [9.17, 15) is 0 Å². The molecule has 4 radical (unpaired) electrons. The zero-order valence-corrected chi connectivity index (χ0v) is 37.0. The van der Waals surface area contributed by atoms with E-state index in [2.05, 4.69) is 157 Å². The van der Waals surface area contributed by atoms with E-state index in [4.69, 9.17) is 5.53 Å². The number of rotatable bonds is 6. The van der Waals surface area contributed by atoms with Crippen molar-refractivity contribution in [2.45, 2.75) is 151 Å². The minimum atomic E-state index is -1.69. The molecule has 220 valence electrons. The van der Waals surface area contributed by atoms with Gasteiger partial charge < -0.3 is 10.3 Å². The number of nitrogens with zero attached hydrogens (tertiary/aromatic N) is 2. The molecular formula is C30H69GeN2Si3Sn-. The van der Waals surface area contributed by atoms with Crippen molar-refractivity contribution in [3.63, 3.8) is 0 Å². The van der Waals surface area contributed by atoms with Gasteiger partial charge in [0.15, 0.2) is 0 Å². The van der Waals surface area contributed by atoms with Crippen molar-refractivity contribution in [3.05, 3.63) is 5.53 Å². The molecular weight excluding hydrogens is 664 g/mol. The van der Waals surface area contributed by atoms with Crippen LogP contribution in [0.25, 0.3) is 5.53 Å². The van der Waals surface area contributed by atoms with Gasteiger partial charge in [-0.25, -0.2) is 0 Å². The fourth-order valence-corrected chi connectivity index (χ4v) is 21.5. The van der Waals surface area contributed by atoms with Crippen LogP contribution in [0.4, 0.5) is 0 Å². The third-order valence-electron chi connectivity index (χ3n) is 8.99. The van der Waals surface area contributed by atoms with Crippen LogP contribution in [0.2, 0.25) is 74.7 Å². The Kier molecular flexibility index (Phi) is 21.7. The summed E-state index contributed by atoms with van der Waals surface area (Å²) in [6.07, 6.45) is 0. The molecule has 0 aromatic heterocycles. The molecule has 0 unspecified atom stereocenters. The Balaban J connectivity index is -0.000000440. The van der Waals surface area contributed by atoms with Gasteiger partial charge in [-0.2, -0.15) is 0 Å². The second-order valence-electron chi connectivity index (χ2n) is 15.6. The first-order valence-corrected chi connectivity index (χ1v) is 34.1. The van der Waals surface area contributed by atoms with Crippen molar-refractivity contribution < 1.29 is 4.79 Å². The van der Waals surface area contributed by atoms with E-state index in [1.54, 1.807) is 0 Å². The zero-order chi connectivity index (χ0) is 30.7. The van der Waals surface area contributed by atoms with Gasteiger partial charge in [0, 0.05) is 0 Å². The molecule has 1 rings (SSSR count). The number of hydrogen-bond donors (Lipinski definition) is 0. The quantitative estimate of drug-likeness (QED) is 0.0857. The van der Waals surface area contributed by atoms with Crippen molar-refractivity contribution in [2.24, 2.45) is 29.6 Å². The summed E-state index contributed by atoms with van der Waals surface area (Å²) in [6, 6.07) is 0. The second kappa shape index (κ2) is 18.7. The second-order valence-corrected chi connectivity index (χ2v) is 44.5. The van der Waals surface area contributed by atoms with Crippen molar-refractivity contribution in [1.82, 2.24) is 0 Å². The molecule has 1 aliphatic carbocycles. The summed E-state index contributed by atoms with van der Waals surface area (Å²) in [7, 11) is -3.36. The van der Waals surface area contributed by atoms with Crippen LogP contribution in [0.3, 0.4) is 0 Å². The minimum absolute atomic E-state index is 0.543. The molecule has 0 saturated heterocycles. The Hall–Kier alpha value is 1.37. The van der Waals surface area contributed by atoms with Crippen LogP contribution in [0.15, 0.2) is 0 Å². The normalized spacial score (nSPS) is 24.2. The fraction of sp³-hybridized carbons (Fsp3) is 0.967. The summed E-state index contributed by atoms with van der Waals surface area (Å²) in [5.74, 6) is 7.69. The van der Waals surface area contributed by atoms with E-state index in [-0.39, 0.29) is 0 Å². The van der Waals surface area contributed by atoms with Crippen LogP contribution in [0.1, 0.15) is 76.2 Å². The third kappa shape index (κ3) is 15.3. The van der Waals surface area contributed by atoms with Gasteiger partial charge in [-0.1, -0.05) is 98.6 Å². The third-order valence-corrected chi connectivity index (χ3v) is 34.8. The first-order chi connectivity index (χ1) is 16.3. The maximum absolute atomic E-state index is 8.70. The topological polar surface area (TPSA) is 36.4 Å². The van der Waals surface area contributed by atoms with E-state index >= 15 is 0 Å². The average molecular weight is 733 g/mol. The van der Waals surface area contributed by atoms with Gasteiger partial charge in [0.2, 0.25) is 0 Å². The van der Waals surface area contributed by atoms with Crippen LogP contribution < -0.4 is 0 Å². The molecule has 0 spiro atoms. The van der Waals surface area contributed by atoms with Gasteiger partial charge in [-0.05, 0) is 37.7 Å². The van der Waals surface area contributed by atoms with Gasteiger partial charge >= 0.3 is 111 Å². The van der Waals surface area contributed by atoms with Crippen molar-refractivity contribution >= 4 is 66.3 Å². The number of hydrogen-bond acceptors (Lipinski definition) is 0. The summed E-state index contributed by atoms with van der Waals surface area (Å²) >= 11 is 1.91. The first kappa shape index (κ1) is 42.8. The van der Waals surface area contributed by atoms with E-state index in [1.165, 1.54) is 0 Å². The molecule has 2 nitrogen and oxygen atoms in total. The van der Waals surface area contributed by atoms with Crippen LogP contribution >= 0.6 is 0 Å². The summed E-state index contributed by atoms with van der Waals surface area (Å²) < 4.78 is 1.04. The van der Waals surface area contributed by atoms with Crippen molar-refractivity contribution in [3.8, 4) is 0 Å². The Morgan fingerprint density at radius 3 is 0.865 bits per heavy atom. The van der Waals surface area contributed by atoms with Gasteiger partial charge in [0.05, 0.1) is 0 Å². The first-order valence-electron chi connectivity index (χ1n) is 14.9. The monoisotopic (exact) mass is 735 g/mol. The predicted octanol–water partition coefficient (Wildman–Crippen LogP) is 10.6. The fourth-order valence-electron chi connectivity index (χ4n) is 6.17. The van der Waals surface area contributed by atoms with E-state index in [0.29, 0.717) is 16.6 Å². The molecule has 1 aliphatic rings. The Labute approximate surface area is 255 Å². The van der Waals surface area contributed by atoms with E-state index < -0.39 is 44.0 Å². The van der Waals surface area contributed by atoms with E-state index in [1.807, 2.05) is 0 Å². The van der Waals surface area contributed by atoms with Crippen molar-refractivity contribution in [2.75, 3.05) is 0 Å². The molecule has 0 aromatic carbocycles. The Morgan fingerprint density at radius 2 is 0.811 bits per heavy atom. The Bertz CT molecular complexity index is 567. The maximum atomic E-state index is 8.70. The molecule has 1 fully saturated rings. The van der Waals surface area contributed by atoms with Crippen LogP contribution in [-0.4, -0.2) is 71.1 Å². The molecule has 0 aliphatic heterocycles. The van der Waals surface area contributed by atoms with Crippen LogP contribution in [0.5, 0.6) is 0 Å². The summed E-state index contributed by atoms with van der Waals surface area (Å²) in [5, 5.41) is 0. The molecule has 0 heterocycles. The van der Waals surface area contributed by atoms with Crippen LogP contribution in [-0.2, 0) is 0 Å². The molecule has 37 heavy (non-hydrogen) atoms. The molecule has 0 bridgehead atoms. The summed E-state index contributed by atoms with van der Waals surface area (Å²) in [5.41, 5.74) is 10.4. The van der Waals surface area contributed by atoms with Gasteiger partial charge in [-0.3, -0.25) is 0 Å². The van der Waals surface area contributed by atoms with Gasteiger partial charge in [0.1, 0.15) is 0 Å². The van der Waals surface area contributed by atoms with Gasteiger partial charge in [-0.15, -0.1) is 0 Å². The molecule has 0 aromatic rings. The van der Waals surface area contributed by atoms with Gasteiger partial charge in [0.25, 0.3) is 0 Å². The standard InChI is InChI=1S/C10H21N2Si.C10H20.C7H19GeSi2.3CH3.Sn/c1-8(2)13(7-12-11,9(3)4)10(5)6;1-6-7(2)9(4)10(5)8(6)3;1-9(2,3)7(8)10(4,5)6;;;;/h8-10H,1-6H3;6-10H,1-5H3;7H,1-6H3;3*1H3;/q-1;;;;;;.